The van der Waals surface area contributed by atoms with Crippen molar-refractivity contribution in [1.29, 1.82) is 0 Å². The van der Waals surface area contributed by atoms with Gasteiger partial charge in [0, 0.05) is 6.54 Å². The molecular formula is C12H17N5O. The van der Waals surface area contributed by atoms with E-state index in [0.717, 1.165) is 18.7 Å². The Balaban J connectivity index is 2.35. The van der Waals surface area contributed by atoms with Crippen molar-refractivity contribution >= 4 is 11.9 Å². The molecule has 0 saturated carbocycles. The van der Waals surface area contributed by atoms with Gasteiger partial charge in [0.05, 0.1) is 7.11 Å². The van der Waals surface area contributed by atoms with Crippen molar-refractivity contribution in [2.24, 2.45) is 0 Å². The predicted molar refractivity (Wildman–Crippen MR) is 71.1 cm³/mol. The zero-order chi connectivity index (χ0) is 13.0. The monoisotopic (exact) mass is 247 g/mol. The van der Waals surface area contributed by atoms with Crippen molar-refractivity contribution in [3.8, 4) is 11.4 Å². The molecule has 0 aliphatic heterocycles. The van der Waals surface area contributed by atoms with Gasteiger partial charge in [0.25, 0.3) is 0 Å². The summed E-state index contributed by atoms with van der Waals surface area (Å²) in [5, 5.41) is 7.41. The van der Waals surface area contributed by atoms with Crippen LogP contribution in [0.25, 0.3) is 5.69 Å². The Morgan fingerprint density at radius 3 is 2.89 bits per heavy atom. The quantitative estimate of drug-likeness (QED) is 0.840. The maximum absolute atomic E-state index is 5.86. The maximum atomic E-state index is 5.86. The number of rotatable bonds is 5. The second-order valence-electron chi connectivity index (χ2n) is 3.80. The number of nitrogen functional groups attached to an aromatic ring is 1. The van der Waals surface area contributed by atoms with Gasteiger partial charge in [0.15, 0.2) is 0 Å². The van der Waals surface area contributed by atoms with E-state index in [9.17, 15) is 0 Å². The van der Waals surface area contributed by atoms with Gasteiger partial charge in [-0.3, -0.25) is 0 Å². The van der Waals surface area contributed by atoms with Crippen LogP contribution in [0.5, 0.6) is 5.75 Å². The van der Waals surface area contributed by atoms with Crippen LogP contribution in [0, 0.1) is 0 Å². The smallest absolute Gasteiger partial charge is 0.244 e. The molecular weight excluding hydrogens is 230 g/mol. The molecule has 0 aliphatic rings. The van der Waals surface area contributed by atoms with Crippen LogP contribution in [-0.2, 0) is 0 Å². The molecule has 0 spiro atoms. The van der Waals surface area contributed by atoms with Gasteiger partial charge in [-0.25, -0.2) is 0 Å². The van der Waals surface area contributed by atoms with E-state index in [1.165, 1.54) is 0 Å². The second kappa shape index (κ2) is 5.39. The number of para-hydroxylation sites is 2. The molecule has 18 heavy (non-hydrogen) atoms. The third-order valence-electron chi connectivity index (χ3n) is 2.48. The van der Waals surface area contributed by atoms with Gasteiger partial charge < -0.3 is 15.8 Å². The van der Waals surface area contributed by atoms with Crippen molar-refractivity contribution in [2.45, 2.75) is 13.3 Å². The van der Waals surface area contributed by atoms with E-state index in [-0.39, 0.29) is 0 Å². The Kier molecular flexibility index (Phi) is 3.66. The van der Waals surface area contributed by atoms with Gasteiger partial charge in [0.2, 0.25) is 11.9 Å². The molecule has 0 amide bonds. The van der Waals surface area contributed by atoms with Crippen LogP contribution in [0.4, 0.5) is 11.9 Å². The number of nitrogens with zero attached hydrogens (tertiary/aromatic N) is 3. The number of methoxy groups -OCH3 is 1. The first-order chi connectivity index (χ1) is 8.76. The van der Waals surface area contributed by atoms with Gasteiger partial charge >= 0.3 is 0 Å². The second-order valence-corrected chi connectivity index (χ2v) is 3.80. The summed E-state index contributed by atoms with van der Waals surface area (Å²) in [4.78, 5) is 4.16. The third-order valence-corrected chi connectivity index (χ3v) is 2.48. The van der Waals surface area contributed by atoms with Gasteiger partial charge in [-0.05, 0) is 18.6 Å². The van der Waals surface area contributed by atoms with Crippen molar-refractivity contribution in [3.63, 3.8) is 0 Å². The lowest BCUT2D eigenvalue weighted by Gasteiger charge is -2.07. The number of aromatic nitrogens is 3. The Bertz CT molecular complexity index is 523. The van der Waals surface area contributed by atoms with E-state index in [4.69, 9.17) is 10.5 Å². The Morgan fingerprint density at radius 2 is 2.17 bits per heavy atom. The summed E-state index contributed by atoms with van der Waals surface area (Å²) in [5.74, 6) is 1.56. The summed E-state index contributed by atoms with van der Waals surface area (Å²) in [7, 11) is 1.61. The predicted octanol–water partition coefficient (Wildman–Crippen LogP) is 1.68. The van der Waals surface area contributed by atoms with Crippen molar-refractivity contribution in [2.75, 3.05) is 24.7 Å². The summed E-state index contributed by atoms with van der Waals surface area (Å²) in [6.07, 6.45) is 1.00. The maximum Gasteiger partial charge on any atom is 0.244 e. The van der Waals surface area contributed by atoms with Crippen molar-refractivity contribution in [3.05, 3.63) is 24.3 Å². The first kappa shape index (κ1) is 12.2. The van der Waals surface area contributed by atoms with E-state index in [2.05, 4.69) is 22.3 Å². The molecule has 0 saturated heterocycles. The molecule has 3 N–H and O–H groups in total. The van der Waals surface area contributed by atoms with Crippen LogP contribution in [0.1, 0.15) is 13.3 Å². The molecule has 0 fully saturated rings. The highest BCUT2D eigenvalue weighted by atomic mass is 16.5. The minimum atomic E-state index is 0.332. The molecule has 0 radical (unpaired) electrons. The van der Waals surface area contributed by atoms with Gasteiger partial charge in [0.1, 0.15) is 11.4 Å². The molecule has 0 aliphatic carbocycles. The first-order valence-corrected chi connectivity index (χ1v) is 5.86. The highest BCUT2D eigenvalue weighted by Crippen LogP contribution is 2.23. The minimum absolute atomic E-state index is 0.332. The standard InChI is InChI=1S/C12H17N5O/c1-3-8-14-12-15-11(13)17(16-12)9-6-4-5-7-10(9)18-2/h4-7H,3,8H2,1-2H3,(H3,13,14,15,16). The van der Waals surface area contributed by atoms with Crippen LogP contribution in [-0.4, -0.2) is 28.4 Å². The summed E-state index contributed by atoms with van der Waals surface area (Å²) in [6, 6.07) is 7.53. The van der Waals surface area contributed by atoms with Crippen LogP contribution in [0.2, 0.25) is 0 Å². The number of ether oxygens (including phenoxy) is 1. The Labute approximate surface area is 106 Å². The summed E-state index contributed by atoms with van der Waals surface area (Å²) in [5.41, 5.74) is 6.64. The number of benzene rings is 1. The molecule has 6 heteroatoms. The molecule has 1 aromatic carbocycles. The van der Waals surface area contributed by atoms with Gasteiger partial charge in [-0.15, -0.1) is 5.10 Å². The zero-order valence-electron chi connectivity index (χ0n) is 10.6. The lowest BCUT2D eigenvalue weighted by molar-refractivity contribution is 0.412. The Morgan fingerprint density at radius 1 is 1.39 bits per heavy atom. The average molecular weight is 247 g/mol. The van der Waals surface area contributed by atoms with Crippen LogP contribution in [0.3, 0.4) is 0 Å². The third kappa shape index (κ3) is 2.37. The fraction of sp³-hybridized carbons (Fsp3) is 0.333. The molecule has 2 aromatic rings. The van der Waals surface area contributed by atoms with Crippen molar-refractivity contribution in [1.82, 2.24) is 14.8 Å². The van der Waals surface area contributed by atoms with E-state index in [1.807, 2.05) is 24.3 Å². The van der Waals surface area contributed by atoms with E-state index < -0.39 is 0 Å². The highest BCUT2D eigenvalue weighted by Gasteiger charge is 2.11. The lowest BCUT2D eigenvalue weighted by Crippen LogP contribution is -2.05. The number of anilines is 2. The first-order valence-electron chi connectivity index (χ1n) is 5.86. The minimum Gasteiger partial charge on any atom is -0.494 e. The molecule has 96 valence electrons. The SMILES string of the molecule is CCCNc1nc(N)n(-c2ccccc2OC)n1. The normalized spacial score (nSPS) is 10.3. The molecule has 0 unspecified atom stereocenters. The lowest BCUT2D eigenvalue weighted by atomic mass is 10.3. The zero-order valence-corrected chi connectivity index (χ0v) is 10.6. The number of hydrogen-bond acceptors (Lipinski definition) is 5. The molecule has 2 rings (SSSR count). The largest absolute Gasteiger partial charge is 0.494 e. The van der Waals surface area contributed by atoms with Crippen molar-refractivity contribution < 1.29 is 4.74 Å². The number of nitrogens with one attached hydrogen (secondary N) is 1. The molecule has 1 heterocycles. The molecule has 0 bridgehead atoms. The highest BCUT2D eigenvalue weighted by molar-refractivity contribution is 5.50. The van der Waals surface area contributed by atoms with Crippen LogP contribution >= 0.6 is 0 Å². The number of nitrogens with two attached hydrogens (primary N) is 1. The fourth-order valence-corrected chi connectivity index (χ4v) is 1.62. The summed E-state index contributed by atoms with van der Waals surface area (Å²) < 4.78 is 6.85. The van der Waals surface area contributed by atoms with Gasteiger partial charge in [-0.2, -0.15) is 9.67 Å². The summed E-state index contributed by atoms with van der Waals surface area (Å²) >= 11 is 0. The molecule has 0 atom stereocenters. The van der Waals surface area contributed by atoms with E-state index >= 15 is 0 Å². The van der Waals surface area contributed by atoms with Crippen LogP contribution < -0.4 is 15.8 Å². The van der Waals surface area contributed by atoms with E-state index in [0.29, 0.717) is 17.6 Å². The number of hydrogen-bond donors (Lipinski definition) is 2. The Hall–Kier alpha value is -2.24. The van der Waals surface area contributed by atoms with E-state index in [1.54, 1.807) is 11.8 Å². The van der Waals surface area contributed by atoms with Crippen LogP contribution in [0.15, 0.2) is 24.3 Å². The fourth-order valence-electron chi connectivity index (χ4n) is 1.62. The van der Waals surface area contributed by atoms with Gasteiger partial charge in [-0.1, -0.05) is 19.1 Å². The molecule has 6 nitrogen and oxygen atoms in total. The topological polar surface area (TPSA) is 78.0 Å². The summed E-state index contributed by atoms with van der Waals surface area (Å²) in [6.45, 7) is 2.89. The average Bonchev–Trinajstić information content (AvgIpc) is 2.77. The molecule has 1 aromatic heterocycles.